The van der Waals surface area contributed by atoms with Crippen LogP contribution >= 0.6 is 11.8 Å². The second-order valence-corrected chi connectivity index (χ2v) is 9.51. The van der Waals surface area contributed by atoms with Crippen LogP contribution < -0.4 is 10.6 Å². The minimum atomic E-state index is -0.308. The van der Waals surface area contributed by atoms with Crippen molar-refractivity contribution in [2.45, 2.75) is 35.6 Å². The summed E-state index contributed by atoms with van der Waals surface area (Å²) in [6.45, 7) is 3.23. The summed E-state index contributed by atoms with van der Waals surface area (Å²) in [6, 6.07) is 24.3. The van der Waals surface area contributed by atoms with Gasteiger partial charge in [-0.05, 0) is 69.3 Å². The van der Waals surface area contributed by atoms with Crippen LogP contribution in [0.3, 0.4) is 0 Å². The average molecular weight is 476 g/mol. The smallest absolute Gasteiger partial charge is 0.241 e. The SMILES string of the molecule is C[C@@H](C(=O)Nc1ccccc1Sc1ccccc1)N1CCC(C(=O)Nc2ccccc2O)CC1. The molecular weight excluding hydrogens is 446 g/mol. The highest BCUT2D eigenvalue weighted by Crippen LogP contribution is 2.33. The minimum absolute atomic E-state index is 0.0572. The van der Waals surface area contributed by atoms with Crippen LogP contribution in [-0.4, -0.2) is 41.0 Å². The molecular formula is C27H29N3O3S. The molecule has 7 heteroatoms. The molecule has 1 saturated heterocycles. The highest BCUT2D eigenvalue weighted by molar-refractivity contribution is 7.99. The van der Waals surface area contributed by atoms with Crippen molar-refractivity contribution in [2.75, 3.05) is 23.7 Å². The van der Waals surface area contributed by atoms with E-state index in [2.05, 4.69) is 15.5 Å². The van der Waals surface area contributed by atoms with E-state index in [1.807, 2.05) is 61.5 Å². The van der Waals surface area contributed by atoms with Crippen molar-refractivity contribution in [3.63, 3.8) is 0 Å². The number of anilines is 2. The monoisotopic (exact) mass is 475 g/mol. The number of para-hydroxylation sites is 3. The first-order valence-corrected chi connectivity index (χ1v) is 12.3. The molecule has 176 valence electrons. The van der Waals surface area contributed by atoms with Crippen LogP contribution in [0.15, 0.2) is 88.7 Å². The summed E-state index contributed by atoms with van der Waals surface area (Å²) in [4.78, 5) is 29.9. The summed E-state index contributed by atoms with van der Waals surface area (Å²) in [5.41, 5.74) is 1.22. The quantitative estimate of drug-likeness (QED) is 0.408. The molecule has 1 atom stereocenters. The predicted molar refractivity (Wildman–Crippen MR) is 136 cm³/mol. The highest BCUT2D eigenvalue weighted by Gasteiger charge is 2.30. The first kappa shape index (κ1) is 23.9. The molecule has 2 amide bonds. The molecule has 0 bridgehead atoms. The van der Waals surface area contributed by atoms with E-state index in [9.17, 15) is 14.7 Å². The molecule has 0 saturated carbocycles. The van der Waals surface area contributed by atoms with Gasteiger partial charge in [0.25, 0.3) is 0 Å². The van der Waals surface area contributed by atoms with Gasteiger partial charge in [-0.1, -0.05) is 54.2 Å². The summed E-state index contributed by atoms with van der Waals surface area (Å²) in [7, 11) is 0. The first-order valence-electron chi connectivity index (χ1n) is 11.5. The summed E-state index contributed by atoms with van der Waals surface area (Å²) in [5.74, 6) is -0.234. The van der Waals surface area contributed by atoms with E-state index in [1.165, 1.54) is 0 Å². The van der Waals surface area contributed by atoms with Crippen LogP contribution in [0.25, 0.3) is 0 Å². The zero-order valence-corrected chi connectivity index (χ0v) is 19.9. The van der Waals surface area contributed by atoms with Gasteiger partial charge >= 0.3 is 0 Å². The molecule has 0 aliphatic carbocycles. The maximum atomic E-state index is 13.0. The molecule has 0 radical (unpaired) electrons. The summed E-state index contributed by atoms with van der Waals surface area (Å²) in [6.07, 6.45) is 1.33. The van der Waals surface area contributed by atoms with Gasteiger partial charge < -0.3 is 15.7 Å². The number of hydrogen-bond donors (Lipinski definition) is 3. The lowest BCUT2D eigenvalue weighted by Crippen LogP contribution is -2.47. The zero-order valence-electron chi connectivity index (χ0n) is 19.1. The fourth-order valence-corrected chi connectivity index (χ4v) is 4.96. The summed E-state index contributed by atoms with van der Waals surface area (Å²) in [5, 5.41) is 15.8. The van der Waals surface area contributed by atoms with Gasteiger partial charge in [0.1, 0.15) is 5.75 Å². The van der Waals surface area contributed by atoms with Gasteiger partial charge in [-0.25, -0.2) is 0 Å². The standard InChI is InChI=1S/C27H29N3O3S/c1-19(26(32)29-23-12-6-8-14-25(23)34-21-9-3-2-4-10-21)30-17-15-20(16-18-30)27(33)28-22-11-5-7-13-24(22)31/h2-14,19-20,31H,15-18H2,1H3,(H,28,33)(H,29,32)/t19-/m0/s1. The van der Waals surface area contributed by atoms with E-state index in [-0.39, 0.29) is 29.5 Å². The molecule has 3 N–H and O–H groups in total. The third kappa shape index (κ3) is 5.98. The van der Waals surface area contributed by atoms with Crippen LogP contribution in [-0.2, 0) is 9.59 Å². The largest absolute Gasteiger partial charge is 0.506 e. The molecule has 3 aromatic carbocycles. The van der Waals surface area contributed by atoms with Crippen LogP contribution in [0.1, 0.15) is 19.8 Å². The van der Waals surface area contributed by atoms with Gasteiger partial charge in [-0.3, -0.25) is 14.5 Å². The number of likely N-dealkylation sites (tertiary alicyclic amines) is 1. The number of carbonyl (C=O) groups excluding carboxylic acids is 2. The number of piperidine rings is 1. The molecule has 1 aliphatic rings. The summed E-state index contributed by atoms with van der Waals surface area (Å²) < 4.78 is 0. The van der Waals surface area contributed by atoms with Crippen LogP contribution in [0.4, 0.5) is 11.4 Å². The number of aromatic hydroxyl groups is 1. The number of phenols is 1. The second-order valence-electron chi connectivity index (χ2n) is 8.39. The Hall–Kier alpha value is -3.29. The van der Waals surface area contributed by atoms with Gasteiger partial charge in [-0.15, -0.1) is 0 Å². The van der Waals surface area contributed by atoms with Crippen molar-refractivity contribution < 1.29 is 14.7 Å². The van der Waals surface area contributed by atoms with Crippen molar-refractivity contribution in [1.82, 2.24) is 4.90 Å². The van der Waals surface area contributed by atoms with Crippen LogP contribution in [0.2, 0.25) is 0 Å². The number of rotatable bonds is 7. The Morgan fingerprint density at radius 1 is 0.882 bits per heavy atom. The number of carbonyl (C=O) groups is 2. The molecule has 34 heavy (non-hydrogen) atoms. The molecule has 4 rings (SSSR count). The lowest BCUT2D eigenvalue weighted by Gasteiger charge is -2.34. The van der Waals surface area contributed by atoms with E-state index >= 15 is 0 Å². The number of nitrogens with zero attached hydrogens (tertiary/aromatic N) is 1. The topological polar surface area (TPSA) is 81.7 Å². The Bertz CT molecular complexity index is 1130. The van der Waals surface area contributed by atoms with E-state index in [1.54, 1.807) is 36.0 Å². The predicted octanol–water partition coefficient (Wildman–Crippen LogP) is 5.22. The van der Waals surface area contributed by atoms with Gasteiger partial charge in [-0.2, -0.15) is 0 Å². The van der Waals surface area contributed by atoms with Gasteiger partial charge in [0, 0.05) is 15.7 Å². The zero-order chi connectivity index (χ0) is 23.9. The summed E-state index contributed by atoms with van der Waals surface area (Å²) >= 11 is 1.62. The Kier molecular flexibility index (Phi) is 7.87. The van der Waals surface area contributed by atoms with E-state index in [4.69, 9.17) is 0 Å². The van der Waals surface area contributed by atoms with Crippen LogP contribution in [0, 0.1) is 5.92 Å². The van der Waals surface area contributed by atoms with Crippen molar-refractivity contribution in [3.8, 4) is 5.75 Å². The maximum absolute atomic E-state index is 13.0. The van der Waals surface area contributed by atoms with E-state index < -0.39 is 0 Å². The molecule has 0 aromatic heterocycles. The lowest BCUT2D eigenvalue weighted by molar-refractivity contribution is -0.123. The number of amides is 2. The molecule has 3 aromatic rings. The first-order chi connectivity index (χ1) is 16.5. The minimum Gasteiger partial charge on any atom is -0.506 e. The molecule has 1 fully saturated rings. The number of nitrogens with one attached hydrogen (secondary N) is 2. The molecule has 0 unspecified atom stereocenters. The molecule has 1 aliphatic heterocycles. The van der Waals surface area contributed by atoms with E-state index in [0.717, 1.165) is 15.5 Å². The molecule has 1 heterocycles. The lowest BCUT2D eigenvalue weighted by atomic mass is 9.94. The Labute approximate surface area is 204 Å². The van der Waals surface area contributed by atoms with Gasteiger partial charge in [0.15, 0.2) is 0 Å². The second kappa shape index (κ2) is 11.2. The normalized spacial score (nSPS) is 15.4. The number of benzene rings is 3. The maximum Gasteiger partial charge on any atom is 0.241 e. The fraction of sp³-hybridized carbons (Fsp3) is 0.259. The van der Waals surface area contributed by atoms with Crippen molar-refractivity contribution >= 4 is 35.0 Å². The number of phenolic OH excluding ortho intramolecular Hbond substituents is 1. The van der Waals surface area contributed by atoms with Crippen molar-refractivity contribution in [1.29, 1.82) is 0 Å². The Balaban J connectivity index is 1.31. The van der Waals surface area contributed by atoms with Crippen molar-refractivity contribution in [2.24, 2.45) is 5.92 Å². The fourth-order valence-electron chi connectivity index (χ4n) is 4.04. The van der Waals surface area contributed by atoms with Gasteiger partial charge in [0.2, 0.25) is 11.8 Å². The van der Waals surface area contributed by atoms with Crippen LogP contribution in [0.5, 0.6) is 5.75 Å². The average Bonchev–Trinajstić information content (AvgIpc) is 2.87. The Morgan fingerprint density at radius 2 is 1.50 bits per heavy atom. The third-order valence-corrected chi connectivity index (χ3v) is 7.19. The number of hydrogen-bond acceptors (Lipinski definition) is 5. The van der Waals surface area contributed by atoms with E-state index in [0.29, 0.717) is 31.6 Å². The molecule has 6 nitrogen and oxygen atoms in total. The Morgan fingerprint density at radius 3 is 2.21 bits per heavy atom. The highest BCUT2D eigenvalue weighted by atomic mass is 32.2. The van der Waals surface area contributed by atoms with Gasteiger partial charge in [0.05, 0.1) is 17.4 Å². The van der Waals surface area contributed by atoms with Crippen molar-refractivity contribution in [3.05, 3.63) is 78.9 Å². The molecule has 0 spiro atoms. The third-order valence-electron chi connectivity index (χ3n) is 6.11.